The van der Waals surface area contributed by atoms with E-state index in [-0.39, 0.29) is 18.8 Å². The number of fused-ring (bicyclic) bond motifs is 1. The van der Waals surface area contributed by atoms with Crippen molar-refractivity contribution in [2.75, 3.05) is 13.2 Å². The van der Waals surface area contributed by atoms with Gasteiger partial charge in [0.05, 0.1) is 17.9 Å². The minimum Gasteiger partial charge on any atom is -0.476 e. The number of aromatic carboxylic acids is 1. The molecule has 1 aromatic carbocycles. The number of hydrogen-bond donors (Lipinski definition) is 1. The number of para-hydroxylation sites is 1. The summed E-state index contributed by atoms with van der Waals surface area (Å²) in [6.07, 6.45) is 1.52. The van der Waals surface area contributed by atoms with Crippen molar-refractivity contribution in [3.05, 3.63) is 59.9 Å². The molecule has 2 heterocycles. The van der Waals surface area contributed by atoms with Crippen LogP contribution in [0.3, 0.4) is 0 Å². The van der Waals surface area contributed by atoms with Crippen LogP contribution in [0.5, 0.6) is 0 Å². The highest BCUT2D eigenvalue weighted by atomic mass is 16.6. The van der Waals surface area contributed by atoms with Crippen LogP contribution in [0.4, 0.5) is 4.79 Å². The first-order chi connectivity index (χ1) is 11.6. The zero-order valence-corrected chi connectivity index (χ0v) is 13.0. The van der Waals surface area contributed by atoms with Gasteiger partial charge >= 0.3 is 12.1 Å². The third-order valence-electron chi connectivity index (χ3n) is 3.84. The Morgan fingerprint density at radius 3 is 2.75 bits per heavy atom. The Morgan fingerprint density at radius 2 is 2.08 bits per heavy atom. The van der Waals surface area contributed by atoms with E-state index >= 15 is 0 Å². The van der Waals surface area contributed by atoms with Crippen LogP contribution in [-0.4, -0.2) is 45.0 Å². The second-order valence-corrected chi connectivity index (χ2v) is 5.36. The number of amides is 1. The summed E-state index contributed by atoms with van der Waals surface area (Å²) in [5, 5.41) is 13.7. The van der Waals surface area contributed by atoms with Crippen molar-refractivity contribution in [2.45, 2.75) is 13.0 Å². The number of ether oxygens (including phenoxy) is 1. The Balaban J connectivity index is 1.96. The van der Waals surface area contributed by atoms with Gasteiger partial charge in [-0.1, -0.05) is 30.9 Å². The van der Waals surface area contributed by atoms with E-state index in [4.69, 9.17) is 4.74 Å². The van der Waals surface area contributed by atoms with Gasteiger partial charge in [0.15, 0.2) is 5.69 Å². The molecule has 0 aliphatic carbocycles. The smallest absolute Gasteiger partial charge is 0.410 e. The molecule has 3 rings (SSSR count). The number of carbonyl (C=O) groups excluding carboxylic acids is 1. The molecule has 0 saturated heterocycles. The molecule has 0 saturated carbocycles. The van der Waals surface area contributed by atoms with Gasteiger partial charge in [0, 0.05) is 18.5 Å². The summed E-state index contributed by atoms with van der Waals surface area (Å²) in [5.74, 6) is -1.11. The Kier molecular flexibility index (Phi) is 4.33. The third kappa shape index (κ3) is 2.88. The van der Waals surface area contributed by atoms with Crippen LogP contribution in [0.2, 0.25) is 0 Å². The third-order valence-corrected chi connectivity index (χ3v) is 3.84. The molecule has 0 radical (unpaired) electrons. The van der Waals surface area contributed by atoms with Gasteiger partial charge in [-0.2, -0.15) is 5.10 Å². The first-order valence-electron chi connectivity index (χ1n) is 7.54. The number of rotatable bonds is 4. The number of benzene rings is 1. The highest BCUT2D eigenvalue weighted by Gasteiger charge is 2.30. The average molecular weight is 327 g/mol. The van der Waals surface area contributed by atoms with E-state index in [1.807, 2.05) is 30.3 Å². The van der Waals surface area contributed by atoms with Crippen molar-refractivity contribution in [1.29, 1.82) is 0 Å². The topological polar surface area (TPSA) is 84.7 Å². The monoisotopic (exact) mass is 327 g/mol. The van der Waals surface area contributed by atoms with Crippen LogP contribution >= 0.6 is 0 Å². The molecule has 24 heavy (non-hydrogen) atoms. The molecule has 124 valence electrons. The fraction of sp³-hybridized carbons (Fsp3) is 0.235. The predicted molar refractivity (Wildman–Crippen MR) is 86.2 cm³/mol. The van der Waals surface area contributed by atoms with Crippen molar-refractivity contribution < 1.29 is 19.4 Å². The molecule has 0 fully saturated rings. The quantitative estimate of drug-likeness (QED) is 0.871. The largest absolute Gasteiger partial charge is 0.476 e. The van der Waals surface area contributed by atoms with E-state index in [9.17, 15) is 14.7 Å². The SMILES string of the molecule is C=CCOC(=O)N1CCc2c(c(C(=O)O)nn2-c2ccccc2)C1. The van der Waals surface area contributed by atoms with Gasteiger partial charge < -0.3 is 14.7 Å². The van der Waals surface area contributed by atoms with Crippen molar-refractivity contribution >= 4 is 12.1 Å². The maximum Gasteiger partial charge on any atom is 0.410 e. The Hall–Kier alpha value is -3.09. The molecule has 0 unspecified atom stereocenters. The van der Waals surface area contributed by atoms with E-state index in [1.54, 1.807) is 4.68 Å². The Labute approximate surface area is 138 Å². The van der Waals surface area contributed by atoms with Crippen LogP contribution in [-0.2, 0) is 17.7 Å². The maximum atomic E-state index is 12.0. The molecule has 1 amide bonds. The first kappa shape index (κ1) is 15.8. The number of aromatic nitrogens is 2. The lowest BCUT2D eigenvalue weighted by molar-refractivity contribution is 0.0684. The standard InChI is InChI=1S/C17H17N3O4/c1-2-10-24-17(23)19-9-8-14-13(11-19)15(16(21)22)18-20(14)12-6-4-3-5-7-12/h2-7H,1,8-11H2,(H,21,22). The number of carboxylic acids is 1. The second kappa shape index (κ2) is 6.57. The molecule has 0 spiro atoms. The fourth-order valence-electron chi connectivity index (χ4n) is 2.75. The highest BCUT2D eigenvalue weighted by molar-refractivity contribution is 5.88. The molecule has 1 aromatic heterocycles. The van der Waals surface area contributed by atoms with Crippen molar-refractivity contribution in [1.82, 2.24) is 14.7 Å². The van der Waals surface area contributed by atoms with Crippen LogP contribution in [0.15, 0.2) is 43.0 Å². The van der Waals surface area contributed by atoms with Crippen LogP contribution < -0.4 is 0 Å². The minimum absolute atomic E-state index is 0.0323. The van der Waals surface area contributed by atoms with Gasteiger partial charge in [0.1, 0.15) is 6.61 Å². The summed E-state index contributed by atoms with van der Waals surface area (Å²) in [6, 6.07) is 9.35. The Bertz CT molecular complexity index is 783. The van der Waals surface area contributed by atoms with Crippen LogP contribution in [0, 0.1) is 0 Å². The molecule has 0 bridgehead atoms. The summed E-state index contributed by atoms with van der Waals surface area (Å²) in [4.78, 5) is 25.0. The van der Waals surface area contributed by atoms with Gasteiger partial charge in [-0.05, 0) is 12.1 Å². The predicted octanol–water partition coefficient (Wildman–Crippen LogP) is 2.25. The molecule has 1 N–H and O–H groups in total. The summed E-state index contributed by atoms with van der Waals surface area (Å²) >= 11 is 0. The number of nitrogens with zero attached hydrogens (tertiary/aromatic N) is 3. The van der Waals surface area contributed by atoms with Crippen molar-refractivity contribution in [2.24, 2.45) is 0 Å². The zero-order chi connectivity index (χ0) is 17.1. The number of carboxylic acid groups (broad SMARTS) is 1. The zero-order valence-electron chi connectivity index (χ0n) is 13.0. The van der Waals surface area contributed by atoms with E-state index in [0.29, 0.717) is 18.5 Å². The average Bonchev–Trinajstić information content (AvgIpc) is 2.99. The number of hydrogen-bond acceptors (Lipinski definition) is 4. The molecular formula is C17H17N3O4. The minimum atomic E-state index is -1.11. The van der Waals surface area contributed by atoms with Gasteiger partial charge in [-0.3, -0.25) is 0 Å². The van der Waals surface area contributed by atoms with Gasteiger partial charge in [0.25, 0.3) is 0 Å². The van der Waals surface area contributed by atoms with Gasteiger partial charge in [0.2, 0.25) is 0 Å². The van der Waals surface area contributed by atoms with Gasteiger partial charge in [-0.15, -0.1) is 0 Å². The Morgan fingerprint density at radius 1 is 1.33 bits per heavy atom. The number of carbonyl (C=O) groups is 2. The van der Waals surface area contributed by atoms with Crippen molar-refractivity contribution in [3.63, 3.8) is 0 Å². The summed E-state index contributed by atoms with van der Waals surface area (Å²) in [7, 11) is 0. The molecule has 7 nitrogen and oxygen atoms in total. The lowest BCUT2D eigenvalue weighted by atomic mass is 10.1. The highest BCUT2D eigenvalue weighted by Crippen LogP contribution is 2.25. The van der Waals surface area contributed by atoms with Crippen LogP contribution in [0.1, 0.15) is 21.7 Å². The van der Waals surface area contributed by atoms with Crippen molar-refractivity contribution in [3.8, 4) is 5.69 Å². The first-order valence-corrected chi connectivity index (χ1v) is 7.54. The summed E-state index contributed by atoms with van der Waals surface area (Å²) in [6.45, 7) is 4.23. The normalized spacial score (nSPS) is 13.2. The van der Waals surface area contributed by atoms with Gasteiger partial charge in [-0.25, -0.2) is 14.3 Å². The molecule has 1 aliphatic rings. The van der Waals surface area contributed by atoms with Crippen LogP contribution in [0.25, 0.3) is 5.69 Å². The lowest BCUT2D eigenvalue weighted by Gasteiger charge is -2.26. The molecule has 7 heteroatoms. The lowest BCUT2D eigenvalue weighted by Crippen LogP contribution is -2.37. The summed E-state index contributed by atoms with van der Waals surface area (Å²) < 4.78 is 6.68. The molecular weight excluding hydrogens is 310 g/mol. The van der Waals surface area contributed by atoms with E-state index in [0.717, 1.165) is 11.4 Å². The fourth-order valence-corrected chi connectivity index (χ4v) is 2.75. The molecule has 0 atom stereocenters. The second-order valence-electron chi connectivity index (χ2n) is 5.36. The molecule has 1 aliphatic heterocycles. The molecule has 2 aromatic rings. The maximum absolute atomic E-state index is 12.0. The van der Waals surface area contributed by atoms with E-state index in [2.05, 4.69) is 11.7 Å². The summed E-state index contributed by atoms with van der Waals surface area (Å²) in [5.41, 5.74) is 2.12. The van der Waals surface area contributed by atoms with E-state index < -0.39 is 12.1 Å². The van der Waals surface area contributed by atoms with E-state index in [1.165, 1.54) is 11.0 Å².